The summed E-state index contributed by atoms with van der Waals surface area (Å²) in [6, 6.07) is 5.51. The molecule has 0 saturated heterocycles. The van der Waals surface area contributed by atoms with Crippen LogP contribution in [0.25, 0.3) is 11.1 Å². The summed E-state index contributed by atoms with van der Waals surface area (Å²) < 4.78 is 0. The van der Waals surface area contributed by atoms with Crippen molar-refractivity contribution in [2.45, 2.75) is 0 Å². The molecule has 66 valence electrons. The predicted molar refractivity (Wildman–Crippen MR) is 53.4 cm³/mol. The smallest absolute Gasteiger partial charge is 0.0641 e. The molecular weight excluding hydrogens is 186 g/mol. The lowest BCUT2D eigenvalue weighted by molar-refractivity contribution is 1.09. The Morgan fingerprint density at radius 2 is 2.15 bits per heavy atom. The van der Waals surface area contributed by atoms with Crippen LogP contribution in [0.15, 0.2) is 30.6 Å². The minimum absolute atomic E-state index is 0.568. The summed E-state index contributed by atoms with van der Waals surface area (Å²) in [5, 5.41) is 7.16. The van der Waals surface area contributed by atoms with E-state index in [-0.39, 0.29) is 0 Å². The number of halogens is 1. The molecule has 0 aliphatic heterocycles. The summed E-state index contributed by atoms with van der Waals surface area (Å²) in [7, 11) is 0. The van der Waals surface area contributed by atoms with Gasteiger partial charge in [-0.1, -0.05) is 17.7 Å². The zero-order chi connectivity index (χ0) is 9.26. The fourth-order valence-corrected chi connectivity index (χ4v) is 1.30. The van der Waals surface area contributed by atoms with E-state index in [4.69, 9.17) is 17.3 Å². The minimum atomic E-state index is 0.568. The lowest BCUT2D eigenvalue weighted by Crippen LogP contribution is -1.85. The highest BCUT2D eigenvalue weighted by Crippen LogP contribution is 2.25. The Hall–Kier alpha value is -1.48. The summed E-state index contributed by atoms with van der Waals surface area (Å²) in [4.78, 5) is 0. The molecule has 1 aromatic heterocycles. The Balaban J connectivity index is 2.49. The molecule has 0 aliphatic carbocycles. The maximum atomic E-state index is 5.88. The number of aromatic amines is 1. The summed E-state index contributed by atoms with van der Waals surface area (Å²) in [6.45, 7) is 0. The maximum absolute atomic E-state index is 5.88. The lowest BCUT2D eigenvalue weighted by Gasteiger charge is -2.00. The van der Waals surface area contributed by atoms with Crippen molar-refractivity contribution in [1.82, 2.24) is 10.2 Å². The van der Waals surface area contributed by atoms with E-state index in [0.29, 0.717) is 10.7 Å². The molecule has 13 heavy (non-hydrogen) atoms. The van der Waals surface area contributed by atoms with Gasteiger partial charge in [-0.3, -0.25) is 5.10 Å². The van der Waals surface area contributed by atoms with E-state index in [1.165, 1.54) is 0 Å². The highest BCUT2D eigenvalue weighted by molar-refractivity contribution is 6.33. The normalized spacial score (nSPS) is 10.2. The van der Waals surface area contributed by atoms with E-state index >= 15 is 0 Å². The van der Waals surface area contributed by atoms with Crippen LogP contribution in [0.3, 0.4) is 0 Å². The van der Waals surface area contributed by atoms with Gasteiger partial charge in [0.15, 0.2) is 0 Å². The zero-order valence-electron chi connectivity index (χ0n) is 6.79. The van der Waals surface area contributed by atoms with Gasteiger partial charge in [0.2, 0.25) is 0 Å². The largest absolute Gasteiger partial charge is 0.398 e. The summed E-state index contributed by atoms with van der Waals surface area (Å²) >= 11 is 5.88. The van der Waals surface area contributed by atoms with Gasteiger partial charge in [0.05, 0.1) is 16.9 Å². The number of nitrogen functional groups attached to an aromatic ring is 1. The molecule has 0 aliphatic rings. The molecule has 0 radical (unpaired) electrons. The van der Waals surface area contributed by atoms with E-state index < -0.39 is 0 Å². The van der Waals surface area contributed by atoms with Crippen LogP contribution in [0, 0.1) is 0 Å². The third kappa shape index (κ3) is 1.51. The SMILES string of the molecule is Nc1ccc(-c2cn[nH]c2)cc1Cl. The average Bonchev–Trinajstić information content (AvgIpc) is 2.62. The number of H-pyrrole nitrogens is 1. The first kappa shape index (κ1) is 8.13. The average molecular weight is 194 g/mol. The number of nitrogens with zero attached hydrogens (tertiary/aromatic N) is 1. The van der Waals surface area contributed by atoms with Crippen LogP contribution >= 0.6 is 11.6 Å². The van der Waals surface area contributed by atoms with Crippen molar-refractivity contribution in [3.05, 3.63) is 35.6 Å². The van der Waals surface area contributed by atoms with Crippen LogP contribution in [0.2, 0.25) is 5.02 Å². The van der Waals surface area contributed by atoms with Crippen LogP contribution in [0.4, 0.5) is 5.69 Å². The van der Waals surface area contributed by atoms with E-state index in [1.807, 2.05) is 18.3 Å². The van der Waals surface area contributed by atoms with Crippen molar-refractivity contribution < 1.29 is 0 Å². The van der Waals surface area contributed by atoms with E-state index in [9.17, 15) is 0 Å². The molecule has 4 heteroatoms. The van der Waals surface area contributed by atoms with Gasteiger partial charge < -0.3 is 5.73 Å². The molecule has 3 N–H and O–H groups in total. The molecular formula is C9H8ClN3. The van der Waals surface area contributed by atoms with Crippen LogP contribution in [0.1, 0.15) is 0 Å². The topological polar surface area (TPSA) is 54.7 Å². The standard InChI is InChI=1S/C9H8ClN3/c10-8-3-6(1-2-9(8)11)7-4-12-13-5-7/h1-5H,11H2,(H,12,13). The van der Waals surface area contributed by atoms with Gasteiger partial charge in [0.1, 0.15) is 0 Å². The molecule has 0 bridgehead atoms. The molecule has 1 heterocycles. The van der Waals surface area contributed by atoms with Crippen LogP contribution < -0.4 is 5.73 Å². The molecule has 0 unspecified atom stereocenters. The van der Waals surface area contributed by atoms with Crippen molar-refractivity contribution in [1.29, 1.82) is 0 Å². The van der Waals surface area contributed by atoms with Crippen LogP contribution in [-0.4, -0.2) is 10.2 Å². The molecule has 2 aromatic rings. The van der Waals surface area contributed by atoms with E-state index in [0.717, 1.165) is 11.1 Å². The molecule has 0 saturated carbocycles. The number of nitrogens with one attached hydrogen (secondary N) is 1. The van der Waals surface area contributed by atoms with Gasteiger partial charge in [-0.25, -0.2) is 0 Å². The third-order valence-corrected chi connectivity index (χ3v) is 2.16. The summed E-state index contributed by atoms with van der Waals surface area (Å²) in [5.74, 6) is 0. The number of benzene rings is 1. The van der Waals surface area contributed by atoms with Crippen molar-refractivity contribution in [3.8, 4) is 11.1 Å². The Kier molecular flexibility index (Phi) is 1.94. The first-order chi connectivity index (χ1) is 6.27. The van der Waals surface area contributed by atoms with Gasteiger partial charge in [0, 0.05) is 11.8 Å². The maximum Gasteiger partial charge on any atom is 0.0641 e. The second kappa shape index (κ2) is 3.11. The van der Waals surface area contributed by atoms with Gasteiger partial charge >= 0.3 is 0 Å². The number of rotatable bonds is 1. The van der Waals surface area contributed by atoms with Gasteiger partial charge in [0.25, 0.3) is 0 Å². The minimum Gasteiger partial charge on any atom is -0.398 e. The monoisotopic (exact) mass is 193 g/mol. The summed E-state index contributed by atoms with van der Waals surface area (Å²) in [5.41, 5.74) is 8.19. The fourth-order valence-electron chi connectivity index (χ4n) is 1.12. The summed E-state index contributed by atoms with van der Waals surface area (Å²) in [6.07, 6.45) is 3.55. The molecule has 2 rings (SSSR count). The van der Waals surface area contributed by atoms with Crippen LogP contribution in [0.5, 0.6) is 0 Å². The highest BCUT2D eigenvalue weighted by Gasteiger charge is 2.01. The van der Waals surface area contributed by atoms with Gasteiger partial charge in [-0.15, -0.1) is 0 Å². The molecule has 1 aromatic carbocycles. The Morgan fingerprint density at radius 1 is 1.31 bits per heavy atom. The molecule has 3 nitrogen and oxygen atoms in total. The predicted octanol–water partition coefficient (Wildman–Crippen LogP) is 2.31. The zero-order valence-corrected chi connectivity index (χ0v) is 7.55. The molecule has 0 spiro atoms. The Bertz CT molecular complexity index is 409. The van der Waals surface area contributed by atoms with Crippen molar-refractivity contribution in [3.63, 3.8) is 0 Å². The number of nitrogens with two attached hydrogens (primary N) is 1. The molecule has 0 atom stereocenters. The first-order valence-electron chi connectivity index (χ1n) is 3.81. The fraction of sp³-hybridized carbons (Fsp3) is 0. The van der Waals surface area contributed by atoms with E-state index in [1.54, 1.807) is 12.3 Å². The number of hydrogen-bond donors (Lipinski definition) is 2. The van der Waals surface area contributed by atoms with Gasteiger partial charge in [-0.2, -0.15) is 5.10 Å². The lowest BCUT2D eigenvalue weighted by atomic mass is 10.1. The third-order valence-electron chi connectivity index (χ3n) is 1.83. The second-order valence-electron chi connectivity index (χ2n) is 2.72. The van der Waals surface area contributed by atoms with Crippen molar-refractivity contribution >= 4 is 17.3 Å². The van der Waals surface area contributed by atoms with Crippen molar-refractivity contribution in [2.24, 2.45) is 0 Å². The quantitative estimate of drug-likeness (QED) is 0.683. The highest BCUT2D eigenvalue weighted by atomic mass is 35.5. The number of anilines is 1. The van der Waals surface area contributed by atoms with Gasteiger partial charge in [-0.05, 0) is 17.7 Å². The van der Waals surface area contributed by atoms with Crippen LogP contribution in [-0.2, 0) is 0 Å². The Morgan fingerprint density at radius 3 is 2.77 bits per heavy atom. The second-order valence-corrected chi connectivity index (χ2v) is 3.13. The Labute approximate surface area is 80.5 Å². The van der Waals surface area contributed by atoms with Crippen molar-refractivity contribution in [2.75, 3.05) is 5.73 Å². The number of hydrogen-bond acceptors (Lipinski definition) is 2. The first-order valence-corrected chi connectivity index (χ1v) is 4.19. The molecule has 0 amide bonds. The molecule has 0 fully saturated rings. The van der Waals surface area contributed by atoms with E-state index in [2.05, 4.69) is 10.2 Å². The number of aromatic nitrogens is 2.